The lowest BCUT2D eigenvalue weighted by atomic mass is 9.97. The van der Waals surface area contributed by atoms with Gasteiger partial charge in [0.2, 0.25) is 5.76 Å². The van der Waals surface area contributed by atoms with Crippen molar-refractivity contribution < 1.29 is 22.4 Å². The lowest BCUT2D eigenvalue weighted by Crippen LogP contribution is -2.47. The minimum atomic E-state index is -4.56. The average molecular weight is 339 g/mol. The highest BCUT2D eigenvalue weighted by molar-refractivity contribution is 5.95. The highest BCUT2D eigenvalue weighted by Gasteiger charge is 2.36. The van der Waals surface area contributed by atoms with Crippen molar-refractivity contribution in [1.82, 2.24) is 15.2 Å². The number of furan rings is 1. The highest BCUT2D eigenvalue weighted by Crippen LogP contribution is 2.33. The molecule has 0 aliphatic carbocycles. The maximum atomic E-state index is 12.7. The number of alkyl halides is 3. The summed E-state index contributed by atoms with van der Waals surface area (Å²) in [6.45, 7) is 2.96. The van der Waals surface area contributed by atoms with Gasteiger partial charge in [-0.05, 0) is 31.4 Å². The van der Waals surface area contributed by atoms with E-state index in [1.54, 1.807) is 0 Å². The third-order valence-electron chi connectivity index (χ3n) is 4.72. The summed E-state index contributed by atoms with van der Waals surface area (Å²) in [5, 5.41) is 3.15. The number of hydrogen-bond acceptors (Lipinski definition) is 4. The van der Waals surface area contributed by atoms with Gasteiger partial charge in [-0.15, -0.1) is 0 Å². The van der Waals surface area contributed by atoms with Gasteiger partial charge >= 0.3 is 6.18 Å². The quantitative estimate of drug-likeness (QED) is 0.914. The molecule has 1 amide bonds. The molecular weight excluding hydrogens is 323 g/mol. The van der Waals surface area contributed by atoms with Crippen LogP contribution in [0.25, 0.3) is 11.0 Å². The third kappa shape index (κ3) is 2.86. The van der Waals surface area contributed by atoms with Crippen molar-refractivity contribution in [2.24, 2.45) is 5.92 Å². The Balaban J connectivity index is 1.52. The number of nitrogens with zero attached hydrogens (tertiary/aromatic N) is 2. The van der Waals surface area contributed by atoms with Crippen LogP contribution in [0, 0.1) is 5.92 Å². The van der Waals surface area contributed by atoms with E-state index in [0.29, 0.717) is 5.92 Å². The molecule has 2 aromatic heterocycles. The van der Waals surface area contributed by atoms with Crippen molar-refractivity contribution in [1.29, 1.82) is 0 Å². The van der Waals surface area contributed by atoms with Gasteiger partial charge in [-0.25, -0.2) is 0 Å². The maximum absolute atomic E-state index is 12.7. The Morgan fingerprint density at radius 1 is 1.33 bits per heavy atom. The fourth-order valence-corrected chi connectivity index (χ4v) is 3.62. The predicted octanol–water partition coefficient (Wildman–Crippen LogP) is 2.67. The zero-order chi connectivity index (χ0) is 16.9. The van der Waals surface area contributed by atoms with Crippen molar-refractivity contribution in [3.63, 3.8) is 0 Å². The summed E-state index contributed by atoms with van der Waals surface area (Å²) in [6.07, 6.45) is -1.24. The maximum Gasteiger partial charge on any atom is 0.449 e. The number of carbonyl (C=O) groups is 1. The van der Waals surface area contributed by atoms with Crippen LogP contribution in [0.1, 0.15) is 29.1 Å². The standard InChI is InChI=1S/C16H16F3N3O2/c17-16(18,19)14-4-10-6-20-12(5-13(10)24-14)15(23)21-11-3-9-1-2-22(7-9)8-11/h4-6,9,11H,1-3,7-8H2,(H,21,23). The molecule has 8 heteroatoms. The van der Waals surface area contributed by atoms with Crippen molar-refractivity contribution in [2.45, 2.75) is 25.1 Å². The van der Waals surface area contributed by atoms with Gasteiger partial charge in [0.1, 0.15) is 11.3 Å². The summed E-state index contributed by atoms with van der Waals surface area (Å²) in [6, 6.07) is 2.20. The third-order valence-corrected chi connectivity index (χ3v) is 4.72. The SMILES string of the molecule is O=C(NC1CC2CCN(C2)C1)c1cc2oc(C(F)(F)F)cc2cn1. The molecule has 5 nitrogen and oxygen atoms in total. The number of pyridine rings is 1. The summed E-state index contributed by atoms with van der Waals surface area (Å²) < 4.78 is 42.8. The molecule has 0 aromatic carbocycles. The topological polar surface area (TPSA) is 58.4 Å². The monoisotopic (exact) mass is 339 g/mol. The largest absolute Gasteiger partial charge is 0.451 e. The number of halogens is 3. The van der Waals surface area contributed by atoms with Gasteiger partial charge in [0, 0.05) is 36.8 Å². The molecule has 3 unspecified atom stereocenters. The number of rotatable bonds is 2. The van der Waals surface area contributed by atoms with Crippen LogP contribution >= 0.6 is 0 Å². The van der Waals surface area contributed by atoms with E-state index in [-0.39, 0.29) is 28.6 Å². The fourth-order valence-electron chi connectivity index (χ4n) is 3.62. The molecule has 2 saturated heterocycles. The first-order valence-electron chi connectivity index (χ1n) is 7.88. The second-order valence-electron chi connectivity index (χ2n) is 6.54. The molecule has 3 atom stereocenters. The van der Waals surface area contributed by atoms with E-state index in [0.717, 1.165) is 38.5 Å². The molecule has 0 spiro atoms. The fraction of sp³-hybridized carbons (Fsp3) is 0.500. The summed E-state index contributed by atoms with van der Waals surface area (Å²) in [4.78, 5) is 18.6. The first kappa shape index (κ1) is 15.4. The van der Waals surface area contributed by atoms with Gasteiger partial charge in [0.05, 0.1) is 0 Å². The van der Waals surface area contributed by atoms with E-state index in [9.17, 15) is 18.0 Å². The molecule has 24 heavy (non-hydrogen) atoms. The van der Waals surface area contributed by atoms with Crippen molar-refractivity contribution in [2.75, 3.05) is 19.6 Å². The summed E-state index contributed by atoms with van der Waals surface area (Å²) in [5.74, 6) is -0.859. The molecule has 2 aromatic rings. The van der Waals surface area contributed by atoms with E-state index in [1.807, 2.05) is 0 Å². The predicted molar refractivity (Wildman–Crippen MR) is 79.4 cm³/mol. The zero-order valence-electron chi connectivity index (χ0n) is 12.8. The van der Waals surface area contributed by atoms with Gasteiger partial charge in [-0.2, -0.15) is 13.2 Å². The Bertz CT molecular complexity index is 774. The van der Waals surface area contributed by atoms with Crippen LogP contribution in [-0.4, -0.2) is 41.5 Å². The van der Waals surface area contributed by atoms with Crippen molar-refractivity contribution in [3.8, 4) is 0 Å². The van der Waals surface area contributed by atoms with Gasteiger partial charge in [-0.3, -0.25) is 9.78 Å². The molecule has 2 aliphatic heterocycles. The Hall–Kier alpha value is -2.09. The average Bonchev–Trinajstić information content (AvgIpc) is 3.09. The van der Waals surface area contributed by atoms with Crippen LogP contribution in [-0.2, 0) is 6.18 Å². The summed E-state index contributed by atoms with van der Waals surface area (Å²) in [7, 11) is 0. The van der Waals surface area contributed by atoms with E-state index >= 15 is 0 Å². The molecule has 2 fully saturated rings. The number of carbonyl (C=O) groups excluding carboxylic acids is 1. The Morgan fingerprint density at radius 2 is 2.17 bits per heavy atom. The smallest absolute Gasteiger partial charge is 0.449 e. The molecule has 4 heterocycles. The molecule has 4 rings (SSSR count). The normalized spacial score (nSPS) is 26.7. The minimum Gasteiger partial charge on any atom is -0.451 e. The Kier molecular flexibility index (Phi) is 3.52. The Morgan fingerprint density at radius 3 is 2.92 bits per heavy atom. The van der Waals surface area contributed by atoms with Gasteiger partial charge < -0.3 is 14.6 Å². The van der Waals surface area contributed by atoms with E-state index in [2.05, 4.69) is 15.2 Å². The molecule has 0 saturated carbocycles. The lowest BCUT2D eigenvalue weighted by molar-refractivity contribution is -0.152. The summed E-state index contributed by atoms with van der Waals surface area (Å²) >= 11 is 0. The molecular formula is C16H16F3N3O2. The molecule has 2 bridgehead atoms. The number of amides is 1. The van der Waals surface area contributed by atoms with E-state index in [4.69, 9.17) is 4.42 Å². The van der Waals surface area contributed by atoms with Crippen LogP contribution in [0.5, 0.6) is 0 Å². The number of aromatic nitrogens is 1. The van der Waals surface area contributed by atoms with Crippen LogP contribution in [0.15, 0.2) is 22.7 Å². The van der Waals surface area contributed by atoms with E-state index < -0.39 is 11.9 Å². The van der Waals surface area contributed by atoms with Crippen LogP contribution < -0.4 is 5.32 Å². The van der Waals surface area contributed by atoms with Gasteiger partial charge in [-0.1, -0.05) is 0 Å². The highest BCUT2D eigenvalue weighted by atomic mass is 19.4. The number of fused-ring (bicyclic) bond motifs is 3. The van der Waals surface area contributed by atoms with Crippen molar-refractivity contribution in [3.05, 3.63) is 29.8 Å². The number of nitrogens with one attached hydrogen (secondary N) is 1. The summed E-state index contributed by atoms with van der Waals surface area (Å²) in [5.41, 5.74) is 0.0773. The van der Waals surface area contributed by atoms with Crippen molar-refractivity contribution >= 4 is 16.9 Å². The van der Waals surface area contributed by atoms with E-state index in [1.165, 1.54) is 12.3 Å². The van der Waals surface area contributed by atoms with Crippen LogP contribution in [0.4, 0.5) is 13.2 Å². The molecule has 1 N–H and O–H groups in total. The molecule has 128 valence electrons. The first-order chi connectivity index (χ1) is 11.4. The second-order valence-corrected chi connectivity index (χ2v) is 6.54. The second kappa shape index (κ2) is 5.47. The molecule has 2 aliphatic rings. The lowest BCUT2D eigenvalue weighted by Gasteiger charge is -2.30. The number of hydrogen-bond donors (Lipinski definition) is 1. The van der Waals surface area contributed by atoms with Gasteiger partial charge in [0.15, 0.2) is 0 Å². The Labute approximate surface area is 135 Å². The van der Waals surface area contributed by atoms with Crippen LogP contribution in [0.3, 0.4) is 0 Å². The first-order valence-corrected chi connectivity index (χ1v) is 7.88. The van der Waals surface area contributed by atoms with Gasteiger partial charge in [0.25, 0.3) is 5.91 Å². The molecule has 0 radical (unpaired) electrons. The zero-order valence-corrected chi connectivity index (χ0v) is 12.8. The van der Waals surface area contributed by atoms with Crippen LogP contribution in [0.2, 0.25) is 0 Å². The number of piperidine rings is 1. The minimum absolute atomic E-state index is 0.00920.